The van der Waals surface area contributed by atoms with Crippen LogP contribution >= 0.6 is 0 Å². The Bertz CT molecular complexity index is 519. The summed E-state index contributed by atoms with van der Waals surface area (Å²) < 4.78 is 6.22. The molecule has 6 nitrogen and oxygen atoms in total. The van der Waals surface area contributed by atoms with E-state index in [1.807, 2.05) is 6.92 Å². The van der Waals surface area contributed by atoms with Crippen molar-refractivity contribution in [2.75, 3.05) is 6.61 Å². The first-order valence-electron chi connectivity index (χ1n) is 8.42. The average molecular weight is 330 g/mol. The van der Waals surface area contributed by atoms with Gasteiger partial charge < -0.3 is 30.3 Å². The lowest BCUT2D eigenvalue weighted by Gasteiger charge is -2.66. The van der Waals surface area contributed by atoms with E-state index in [1.165, 1.54) is 0 Å². The highest BCUT2D eigenvalue weighted by Crippen LogP contribution is 2.72. The molecule has 0 aromatic rings. The molecular weight excluding hydrogens is 300 g/mol. The molecule has 134 valence electrons. The molecule has 0 aromatic carbocycles. The van der Waals surface area contributed by atoms with Crippen LogP contribution < -0.4 is 0 Å². The highest BCUT2D eigenvalue weighted by atomic mass is 16.6. The molecule has 1 heterocycles. The highest BCUT2D eigenvalue weighted by Gasteiger charge is 2.83. The van der Waals surface area contributed by atoms with Gasteiger partial charge in [0.1, 0.15) is 5.60 Å². The maximum absolute atomic E-state index is 11.3. The molecule has 1 saturated heterocycles. The van der Waals surface area contributed by atoms with Gasteiger partial charge in [-0.1, -0.05) is 13.8 Å². The first-order chi connectivity index (χ1) is 10.3. The van der Waals surface area contributed by atoms with Gasteiger partial charge in [0.05, 0.1) is 41.5 Å². The first kappa shape index (κ1) is 17.6. The van der Waals surface area contributed by atoms with Crippen molar-refractivity contribution in [1.82, 2.24) is 0 Å². The molecule has 6 heteroatoms. The molecule has 3 rings (SSSR count). The molecule has 23 heavy (non-hydrogen) atoms. The Kier molecular flexibility index (Phi) is 3.42. The average Bonchev–Trinajstić information content (AvgIpc) is 2.50. The molecule has 2 aliphatic carbocycles. The fraction of sp³-hybridized carbons (Fsp3) is 1.00. The van der Waals surface area contributed by atoms with E-state index in [1.54, 1.807) is 27.7 Å². The predicted octanol–water partition coefficient (Wildman–Crippen LogP) is -0.204. The topological polar surface area (TPSA) is 110 Å². The van der Waals surface area contributed by atoms with E-state index < -0.39 is 52.6 Å². The van der Waals surface area contributed by atoms with Crippen molar-refractivity contribution < 1.29 is 30.3 Å². The van der Waals surface area contributed by atoms with Crippen LogP contribution in [0.1, 0.15) is 47.5 Å². The largest absolute Gasteiger partial charge is 0.396 e. The summed E-state index contributed by atoms with van der Waals surface area (Å²) in [4.78, 5) is 0. The van der Waals surface area contributed by atoms with Crippen molar-refractivity contribution in [3.63, 3.8) is 0 Å². The summed E-state index contributed by atoms with van der Waals surface area (Å²) in [5.41, 5.74) is -6.28. The molecule has 2 bridgehead atoms. The van der Waals surface area contributed by atoms with Gasteiger partial charge in [-0.3, -0.25) is 0 Å². The lowest BCUT2D eigenvalue weighted by atomic mass is 9.47. The molecule has 3 fully saturated rings. The van der Waals surface area contributed by atoms with E-state index in [9.17, 15) is 25.5 Å². The molecule has 0 radical (unpaired) electrons. The van der Waals surface area contributed by atoms with Gasteiger partial charge in [0.15, 0.2) is 0 Å². The maximum atomic E-state index is 11.3. The monoisotopic (exact) mass is 330 g/mol. The van der Waals surface area contributed by atoms with E-state index in [0.29, 0.717) is 6.42 Å². The minimum Gasteiger partial charge on any atom is -0.396 e. The van der Waals surface area contributed by atoms with Crippen molar-refractivity contribution in [3.05, 3.63) is 0 Å². The van der Waals surface area contributed by atoms with Crippen LogP contribution in [0.5, 0.6) is 0 Å². The fourth-order valence-corrected chi connectivity index (χ4v) is 5.92. The van der Waals surface area contributed by atoms with Crippen LogP contribution in [0.2, 0.25) is 0 Å². The summed E-state index contributed by atoms with van der Waals surface area (Å²) in [6, 6.07) is 0. The number of aliphatic hydroxyl groups is 5. The number of rotatable bonds is 1. The number of ether oxygens (including phenoxy) is 1. The van der Waals surface area contributed by atoms with E-state index in [4.69, 9.17) is 4.74 Å². The standard InChI is InChI=1S/C17H30O6/c1-9-6-10-17(8-18,12(20)11(9)19)13(2)7-14(3,21)16(5,23-10)15(13,4)22/h9-12,18-22H,6-8H2,1-5H3/t9-,10-,11-,12-,13+,14-,15-,16-,17-/m1/s1. The molecule has 0 unspecified atom stereocenters. The normalized spacial score (nSPS) is 65.5. The number of hydrogen-bond acceptors (Lipinski definition) is 6. The summed E-state index contributed by atoms with van der Waals surface area (Å²) in [6.45, 7) is 8.10. The molecule has 5 N–H and O–H groups in total. The van der Waals surface area contributed by atoms with Gasteiger partial charge in [0.2, 0.25) is 0 Å². The second kappa shape index (κ2) is 4.48. The predicted molar refractivity (Wildman–Crippen MR) is 82.6 cm³/mol. The zero-order chi connectivity index (χ0) is 17.6. The Morgan fingerprint density at radius 3 is 2.17 bits per heavy atom. The third kappa shape index (κ3) is 1.56. The van der Waals surface area contributed by atoms with Crippen LogP contribution in [0.25, 0.3) is 0 Å². The second-order valence-electron chi connectivity index (χ2n) is 8.84. The number of hydrogen-bond donors (Lipinski definition) is 5. The molecule has 0 amide bonds. The van der Waals surface area contributed by atoms with Gasteiger partial charge >= 0.3 is 0 Å². The molecular formula is C17H30O6. The summed E-state index contributed by atoms with van der Waals surface area (Å²) in [7, 11) is 0. The number of fused-ring (bicyclic) bond motifs is 4. The lowest BCUT2D eigenvalue weighted by Crippen LogP contribution is -2.78. The zero-order valence-corrected chi connectivity index (χ0v) is 14.6. The molecule has 2 saturated carbocycles. The van der Waals surface area contributed by atoms with E-state index in [-0.39, 0.29) is 12.3 Å². The summed E-state index contributed by atoms with van der Waals surface area (Å²) >= 11 is 0. The van der Waals surface area contributed by atoms with Gasteiger partial charge in [-0.2, -0.15) is 0 Å². The van der Waals surface area contributed by atoms with Gasteiger partial charge in [-0.05, 0) is 39.5 Å². The minimum absolute atomic E-state index is 0.165. The summed E-state index contributed by atoms with van der Waals surface area (Å²) in [6.07, 6.45) is -2.18. The molecule has 0 aromatic heterocycles. The van der Waals surface area contributed by atoms with Crippen LogP contribution in [-0.4, -0.2) is 67.3 Å². The molecule has 9 atom stereocenters. The van der Waals surface area contributed by atoms with Crippen LogP contribution in [0.15, 0.2) is 0 Å². The first-order valence-corrected chi connectivity index (χ1v) is 8.42. The Morgan fingerprint density at radius 1 is 1.09 bits per heavy atom. The Hall–Kier alpha value is -0.240. The van der Waals surface area contributed by atoms with Crippen molar-refractivity contribution in [2.45, 2.75) is 82.6 Å². The smallest absolute Gasteiger partial charge is 0.123 e. The second-order valence-corrected chi connectivity index (χ2v) is 8.84. The van der Waals surface area contributed by atoms with Crippen molar-refractivity contribution in [3.8, 4) is 0 Å². The van der Waals surface area contributed by atoms with Gasteiger partial charge in [-0.15, -0.1) is 0 Å². The quantitative estimate of drug-likeness (QED) is 0.455. The Morgan fingerprint density at radius 2 is 1.65 bits per heavy atom. The van der Waals surface area contributed by atoms with Crippen LogP contribution in [0.4, 0.5) is 0 Å². The highest BCUT2D eigenvalue weighted by molar-refractivity contribution is 5.32. The van der Waals surface area contributed by atoms with Crippen LogP contribution in [-0.2, 0) is 4.74 Å². The zero-order valence-electron chi connectivity index (χ0n) is 14.6. The number of aliphatic hydroxyl groups excluding tert-OH is 3. The maximum Gasteiger partial charge on any atom is 0.123 e. The summed E-state index contributed by atoms with van der Waals surface area (Å²) in [5.74, 6) is -0.200. The van der Waals surface area contributed by atoms with E-state index >= 15 is 0 Å². The third-order valence-corrected chi connectivity index (χ3v) is 7.99. The van der Waals surface area contributed by atoms with Crippen molar-refractivity contribution in [1.29, 1.82) is 0 Å². The van der Waals surface area contributed by atoms with Crippen molar-refractivity contribution in [2.24, 2.45) is 16.7 Å². The van der Waals surface area contributed by atoms with E-state index in [2.05, 4.69) is 0 Å². The fourth-order valence-electron chi connectivity index (χ4n) is 5.92. The molecule has 3 aliphatic rings. The molecule has 0 spiro atoms. The molecule has 1 aliphatic heterocycles. The minimum atomic E-state index is -1.48. The van der Waals surface area contributed by atoms with Crippen LogP contribution in [0, 0.1) is 16.7 Å². The lowest BCUT2D eigenvalue weighted by molar-refractivity contribution is -0.365. The van der Waals surface area contributed by atoms with Gasteiger partial charge in [0.25, 0.3) is 0 Å². The van der Waals surface area contributed by atoms with Gasteiger partial charge in [0, 0.05) is 5.41 Å². The summed E-state index contributed by atoms with van der Waals surface area (Å²) in [5, 5.41) is 53.9. The van der Waals surface area contributed by atoms with Crippen molar-refractivity contribution >= 4 is 0 Å². The van der Waals surface area contributed by atoms with Crippen LogP contribution in [0.3, 0.4) is 0 Å². The SMILES string of the molecule is C[C@@H]1C[C@H]2O[C@@]3(C)[C@](C)(O)[C@](C)(C[C@@]3(C)O)[C@@]2(CO)[C@H](O)[C@@H]1O. The van der Waals surface area contributed by atoms with Gasteiger partial charge in [-0.25, -0.2) is 0 Å². The Labute approximate surface area is 137 Å². The van der Waals surface area contributed by atoms with E-state index in [0.717, 1.165) is 0 Å². The third-order valence-electron chi connectivity index (χ3n) is 7.99. The Balaban J connectivity index is 2.26.